The summed E-state index contributed by atoms with van der Waals surface area (Å²) in [5, 5.41) is 8.90. The number of ether oxygens (including phenoxy) is 3. The molecule has 3 rings (SSSR count). The van der Waals surface area contributed by atoms with Crippen LogP contribution in [-0.4, -0.2) is 24.8 Å². The van der Waals surface area contributed by atoms with E-state index in [0.717, 1.165) is 24.0 Å². The van der Waals surface area contributed by atoms with Gasteiger partial charge in [0.05, 0.1) is 13.7 Å². The molecule has 0 atom stereocenters. The van der Waals surface area contributed by atoms with Crippen molar-refractivity contribution >= 4 is 5.97 Å². The minimum absolute atomic E-state index is 0.0727. The highest BCUT2D eigenvalue weighted by Gasteiger charge is 2.14. The Balaban J connectivity index is 1.79. The summed E-state index contributed by atoms with van der Waals surface area (Å²) in [5.41, 5.74) is 2.86. The Kier molecular flexibility index (Phi) is 9.53. The molecule has 0 spiro atoms. The van der Waals surface area contributed by atoms with Gasteiger partial charge in [-0.2, -0.15) is 0 Å². The standard InChI is InChI=1S/C29H33FO5/c1-20(2)6-5-15-34-28-17-22(9-12-25(28)26-18-23(33-3)11-13-27(26)30)19-35-24-8-4-7-21(16-24)10-14-29(31)32/h4,7-9,11-13,16-18,20H,5-6,10,14-15,19H2,1-3H3,(H,31,32). The van der Waals surface area contributed by atoms with Crippen LogP contribution < -0.4 is 14.2 Å². The number of methoxy groups -OCH3 is 1. The molecule has 186 valence electrons. The molecular weight excluding hydrogens is 447 g/mol. The van der Waals surface area contributed by atoms with Crippen LogP contribution in [0.5, 0.6) is 17.2 Å². The van der Waals surface area contributed by atoms with E-state index in [1.165, 1.54) is 6.07 Å². The first kappa shape index (κ1) is 26.1. The van der Waals surface area contributed by atoms with Gasteiger partial charge in [0, 0.05) is 17.5 Å². The van der Waals surface area contributed by atoms with Gasteiger partial charge in [-0.1, -0.05) is 38.1 Å². The Hall–Kier alpha value is -3.54. The lowest BCUT2D eigenvalue weighted by atomic mass is 10.0. The number of halogens is 1. The zero-order valence-electron chi connectivity index (χ0n) is 20.6. The Labute approximate surface area is 206 Å². The zero-order valence-corrected chi connectivity index (χ0v) is 20.6. The summed E-state index contributed by atoms with van der Waals surface area (Å²) in [6, 6.07) is 17.7. The van der Waals surface area contributed by atoms with E-state index in [-0.39, 0.29) is 12.2 Å². The van der Waals surface area contributed by atoms with Crippen molar-refractivity contribution < 1.29 is 28.5 Å². The second-order valence-electron chi connectivity index (χ2n) is 8.89. The van der Waals surface area contributed by atoms with Crippen molar-refractivity contribution in [1.29, 1.82) is 0 Å². The number of aryl methyl sites for hydroxylation is 1. The van der Waals surface area contributed by atoms with Gasteiger partial charge in [-0.15, -0.1) is 0 Å². The normalized spacial score (nSPS) is 10.9. The number of carbonyl (C=O) groups is 1. The van der Waals surface area contributed by atoms with Crippen LogP contribution in [0.2, 0.25) is 0 Å². The molecular formula is C29H33FO5. The summed E-state index contributed by atoms with van der Waals surface area (Å²) in [5.74, 6) is 1.24. The minimum atomic E-state index is -0.829. The second kappa shape index (κ2) is 12.8. The van der Waals surface area contributed by atoms with E-state index in [4.69, 9.17) is 19.3 Å². The number of hydrogen-bond donors (Lipinski definition) is 1. The molecule has 35 heavy (non-hydrogen) atoms. The van der Waals surface area contributed by atoms with E-state index in [1.54, 1.807) is 19.2 Å². The molecule has 0 saturated heterocycles. The van der Waals surface area contributed by atoms with Gasteiger partial charge in [0.2, 0.25) is 0 Å². The number of aliphatic carboxylic acids is 1. The highest BCUT2D eigenvalue weighted by molar-refractivity contribution is 5.72. The topological polar surface area (TPSA) is 65.0 Å². The molecule has 0 aromatic heterocycles. The maximum Gasteiger partial charge on any atom is 0.303 e. The number of rotatable bonds is 13. The molecule has 0 saturated carbocycles. The van der Waals surface area contributed by atoms with Gasteiger partial charge in [-0.3, -0.25) is 4.79 Å². The molecule has 3 aromatic rings. The Morgan fingerprint density at radius 2 is 1.77 bits per heavy atom. The van der Waals surface area contributed by atoms with E-state index in [2.05, 4.69) is 13.8 Å². The third-order valence-corrected chi connectivity index (χ3v) is 5.62. The van der Waals surface area contributed by atoms with Crippen molar-refractivity contribution in [2.45, 2.75) is 46.1 Å². The maximum absolute atomic E-state index is 14.7. The molecule has 0 unspecified atom stereocenters. The molecule has 3 aromatic carbocycles. The lowest BCUT2D eigenvalue weighted by molar-refractivity contribution is -0.136. The van der Waals surface area contributed by atoms with E-state index in [0.29, 0.717) is 53.9 Å². The quantitative estimate of drug-likeness (QED) is 0.269. The monoisotopic (exact) mass is 480 g/mol. The lowest BCUT2D eigenvalue weighted by Crippen LogP contribution is -2.03. The first-order valence-corrected chi connectivity index (χ1v) is 11.9. The van der Waals surface area contributed by atoms with Crippen LogP contribution in [0.1, 0.15) is 44.2 Å². The number of carboxylic acids is 1. The Bertz CT molecular complexity index is 1130. The molecule has 0 aliphatic heterocycles. The van der Waals surface area contributed by atoms with Crippen molar-refractivity contribution in [3.63, 3.8) is 0 Å². The number of carboxylic acid groups (broad SMARTS) is 1. The third kappa shape index (κ3) is 8.02. The van der Waals surface area contributed by atoms with Crippen LogP contribution in [0.3, 0.4) is 0 Å². The van der Waals surface area contributed by atoms with Crippen LogP contribution in [0, 0.1) is 11.7 Å². The molecule has 0 amide bonds. The molecule has 6 heteroatoms. The Morgan fingerprint density at radius 1 is 0.943 bits per heavy atom. The lowest BCUT2D eigenvalue weighted by Gasteiger charge is -2.16. The van der Waals surface area contributed by atoms with E-state index in [1.807, 2.05) is 42.5 Å². The summed E-state index contributed by atoms with van der Waals surface area (Å²) in [6.07, 6.45) is 2.47. The highest BCUT2D eigenvalue weighted by atomic mass is 19.1. The first-order valence-electron chi connectivity index (χ1n) is 11.9. The van der Waals surface area contributed by atoms with Gasteiger partial charge in [0.25, 0.3) is 0 Å². The largest absolute Gasteiger partial charge is 0.497 e. The van der Waals surface area contributed by atoms with Crippen LogP contribution in [-0.2, 0) is 17.8 Å². The van der Waals surface area contributed by atoms with Gasteiger partial charge in [-0.25, -0.2) is 4.39 Å². The predicted molar refractivity (Wildman–Crippen MR) is 135 cm³/mol. The van der Waals surface area contributed by atoms with Gasteiger partial charge >= 0.3 is 5.97 Å². The molecule has 5 nitrogen and oxygen atoms in total. The van der Waals surface area contributed by atoms with Crippen LogP contribution in [0.15, 0.2) is 60.7 Å². The SMILES string of the molecule is COc1ccc(F)c(-c2ccc(COc3cccc(CCC(=O)O)c3)cc2OCCCC(C)C)c1. The molecule has 0 aliphatic rings. The molecule has 1 N–H and O–H groups in total. The van der Waals surface area contributed by atoms with Gasteiger partial charge in [-0.05, 0) is 72.7 Å². The van der Waals surface area contributed by atoms with Crippen molar-refractivity contribution in [3.05, 3.63) is 77.6 Å². The summed E-state index contributed by atoms with van der Waals surface area (Å²) in [7, 11) is 1.55. The van der Waals surface area contributed by atoms with Crippen molar-refractivity contribution in [2.75, 3.05) is 13.7 Å². The van der Waals surface area contributed by atoms with Crippen LogP contribution in [0.25, 0.3) is 11.1 Å². The van der Waals surface area contributed by atoms with Crippen molar-refractivity contribution in [3.8, 4) is 28.4 Å². The van der Waals surface area contributed by atoms with Crippen molar-refractivity contribution in [2.24, 2.45) is 5.92 Å². The smallest absolute Gasteiger partial charge is 0.303 e. The number of benzene rings is 3. The van der Waals surface area contributed by atoms with E-state index >= 15 is 0 Å². The highest BCUT2D eigenvalue weighted by Crippen LogP contribution is 2.35. The van der Waals surface area contributed by atoms with Crippen LogP contribution in [0.4, 0.5) is 4.39 Å². The molecule has 0 heterocycles. The Morgan fingerprint density at radius 3 is 2.51 bits per heavy atom. The van der Waals surface area contributed by atoms with E-state index < -0.39 is 5.97 Å². The average molecular weight is 481 g/mol. The van der Waals surface area contributed by atoms with Crippen molar-refractivity contribution in [1.82, 2.24) is 0 Å². The average Bonchev–Trinajstić information content (AvgIpc) is 2.85. The zero-order chi connectivity index (χ0) is 25.2. The van der Waals surface area contributed by atoms with Gasteiger partial charge in [0.15, 0.2) is 0 Å². The predicted octanol–water partition coefficient (Wildman–Crippen LogP) is 6.91. The molecule has 0 radical (unpaired) electrons. The van der Waals surface area contributed by atoms with Crippen LogP contribution >= 0.6 is 0 Å². The molecule has 0 fully saturated rings. The summed E-state index contributed by atoms with van der Waals surface area (Å²) < 4.78 is 32.1. The van der Waals surface area contributed by atoms with Gasteiger partial charge in [0.1, 0.15) is 29.7 Å². The number of hydrogen-bond acceptors (Lipinski definition) is 4. The fourth-order valence-corrected chi connectivity index (χ4v) is 3.72. The maximum atomic E-state index is 14.7. The second-order valence-corrected chi connectivity index (χ2v) is 8.89. The summed E-state index contributed by atoms with van der Waals surface area (Å²) in [4.78, 5) is 10.8. The van der Waals surface area contributed by atoms with E-state index in [9.17, 15) is 9.18 Å². The summed E-state index contributed by atoms with van der Waals surface area (Å²) in [6.45, 7) is 5.18. The minimum Gasteiger partial charge on any atom is -0.497 e. The molecule has 0 bridgehead atoms. The fraction of sp³-hybridized carbons (Fsp3) is 0.345. The molecule has 0 aliphatic carbocycles. The van der Waals surface area contributed by atoms with Gasteiger partial charge < -0.3 is 19.3 Å². The third-order valence-electron chi connectivity index (χ3n) is 5.62. The first-order chi connectivity index (χ1) is 16.9. The summed E-state index contributed by atoms with van der Waals surface area (Å²) >= 11 is 0. The fourth-order valence-electron chi connectivity index (χ4n) is 3.72.